The Labute approximate surface area is 154 Å². The molecule has 0 atom stereocenters. The Morgan fingerprint density at radius 2 is 1.62 bits per heavy atom. The van der Waals surface area contributed by atoms with Gasteiger partial charge >= 0.3 is 0 Å². The molecule has 1 aromatic carbocycles. The number of nitrogens with zero attached hydrogens (tertiary/aromatic N) is 2. The van der Waals surface area contributed by atoms with Crippen LogP contribution in [-0.4, -0.2) is 38.9 Å². The van der Waals surface area contributed by atoms with E-state index in [-0.39, 0.29) is 21.8 Å². The maximum atomic E-state index is 12.9. The van der Waals surface area contributed by atoms with Gasteiger partial charge in [-0.25, -0.2) is 21.8 Å². The van der Waals surface area contributed by atoms with Crippen LogP contribution in [0.4, 0.5) is 0 Å². The van der Waals surface area contributed by atoms with Crippen LogP contribution in [0.1, 0.15) is 38.1 Å². The zero-order valence-electron chi connectivity index (χ0n) is 15.2. The van der Waals surface area contributed by atoms with Crippen molar-refractivity contribution in [3.8, 4) is 0 Å². The molecule has 0 N–H and O–H groups in total. The molecule has 0 spiro atoms. The molecule has 0 saturated heterocycles. The van der Waals surface area contributed by atoms with Crippen molar-refractivity contribution in [1.82, 2.24) is 9.29 Å². The highest BCUT2D eigenvalue weighted by Gasteiger charge is 2.33. The van der Waals surface area contributed by atoms with Gasteiger partial charge in [-0.3, -0.25) is 0 Å². The minimum atomic E-state index is -3.74. The lowest BCUT2D eigenvalue weighted by molar-refractivity contribution is 0.338. The first-order chi connectivity index (χ1) is 11.9. The third-order valence-corrected chi connectivity index (χ3v) is 7.21. The summed E-state index contributed by atoms with van der Waals surface area (Å²) >= 11 is 0. The Hall–Kier alpha value is -1.71. The molecule has 0 unspecified atom stereocenters. The van der Waals surface area contributed by atoms with Crippen molar-refractivity contribution < 1.29 is 21.3 Å². The van der Waals surface area contributed by atoms with E-state index in [0.29, 0.717) is 24.6 Å². The Bertz CT molecular complexity index is 1030. The fourth-order valence-corrected chi connectivity index (χ4v) is 4.74. The highest BCUT2D eigenvalue weighted by atomic mass is 32.2. The van der Waals surface area contributed by atoms with E-state index < -0.39 is 19.9 Å². The lowest BCUT2D eigenvalue weighted by atomic mass is 9.97. The van der Waals surface area contributed by atoms with Crippen molar-refractivity contribution in [2.24, 2.45) is 0 Å². The van der Waals surface area contributed by atoms with Gasteiger partial charge in [0.05, 0.1) is 22.0 Å². The van der Waals surface area contributed by atoms with E-state index in [1.165, 1.54) is 28.6 Å². The maximum Gasteiger partial charge on any atom is 0.243 e. The fraction of sp³-hybridized carbons (Fsp3) is 0.471. The number of hydrogen-bond donors (Lipinski definition) is 0. The van der Waals surface area contributed by atoms with Gasteiger partial charge in [-0.15, -0.1) is 0 Å². The van der Waals surface area contributed by atoms with Gasteiger partial charge in [-0.1, -0.05) is 20.8 Å². The van der Waals surface area contributed by atoms with E-state index in [4.69, 9.17) is 4.42 Å². The summed E-state index contributed by atoms with van der Waals surface area (Å²) < 4.78 is 56.0. The summed E-state index contributed by atoms with van der Waals surface area (Å²) in [6.45, 7) is 6.40. The summed E-state index contributed by atoms with van der Waals surface area (Å²) in [6, 6.07) is 5.27. The average Bonchev–Trinajstić information content (AvgIpc) is 2.97. The lowest BCUT2D eigenvalue weighted by Gasteiger charge is -2.24. The van der Waals surface area contributed by atoms with E-state index in [1.54, 1.807) is 0 Å². The molecule has 2 aromatic rings. The summed E-state index contributed by atoms with van der Waals surface area (Å²) in [6.07, 6.45) is 1.54. The number of aromatic nitrogens is 1. The minimum absolute atomic E-state index is 0.0629. The number of fused-ring (bicyclic) bond motifs is 1. The van der Waals surface area contributed by atoms with Crippen LogP contribution in [0.25, 0.3) is 0 Å². The molecule has 26 heavy (non-hydrogen) atoms. The normalized spacial score (nSPS) is 16.5. The molecule has 7 nitrogen and oxygen atoms in total. The fourth-order valence-electron chi connectivity index (χ4n) is 2.71. The molecule has 9 heteroatoms. The third-order valence-electron chi connectivity index (χ3n) is 4.22. The predicted octanol–water partition coefficient (Wildman–Crippen LogP) is 2.12. The topological polar surface area (TPSA) is 97.6 Å². The largest absolute Gasteiger partial charge is 0.445 e. The van der Waals surface area contributed by atoms with Gasteiger partial charge in [0, 0.05) is 24.6 Å². The lowest BCUT2D eigenvalue weighted by Crippen LogP contribution is -2.35. The molecular formula is C17H22N2O5S2. The predicted molar refractivity (Wildman–Crippen MR) is 96.1 cm³/mol. The molecule has 142 valence electrons. The first-order valence-electron chi connectivity index (χ1n) is 8.18. The van der Waals surface area contributed by atoms with E-state index in [1.807, 2.05) is 20.8 Å². The summed E-state index contributed by atoms with van der Waals surface area (Å²) in [4.78, 5) is 4.62. The Kier molecular flexibility index (Phi) is 4.53. The highest BCUT2D eigenvalue weighted by Crippen LogP contribution is 2.29. The van der Waals surface area contributed by atoms with Crippen molar-refractivity contribution in [2.75, 3.05) is 12.8 Å². The zero-order chi connectivity index (χ0) is 19.3. The summed E-state index contributed by atoms with van der Waals surface area (Å²) in [5.74, 6) is 1.33. The van der Waals surface area contributed by atoms with Gasteiger partial charge in [0.2, 0.25) is 10.0 Å². The molecule has 1 aliphatic heterocycles. The van der Waals surface area contributed by atoms with Crippen LogP contribution >= 0.6 is 0 Å². The average molecular weight is 399 g/mol. The van der Waals surface area contributed by atoms with Gasteiger partial charge in [-0.2, -0.15) is 4.31 Å². The van der Waals surface area contributed by atoms with Gasteiger partial charge in [0.15, 0.2) is 15.7 Å². The molecule has 0 aliphatic carbocycles. The SMILES string of the molecule is CC(C)(C)c1nc2c(o1)CCN(S(=O)(=O)c1ccc(S(C)(=O)=O)cc1)C2. The van der Waals surface area contributed by atoms with Crippen LogP contribution in [0.15, 0.2) is 38.5 Å². The number of benzene rings is 1. The first kappa shape index (κ1) is 19.1. The van der Waals surface area contributed by atoms with Crippen LogP contribution in [0.2, 0.25) is 0 Å². The molecule has 0 amide bonds. The molecule has 2 heterocycles. The minimum Gasteiger partial charge on any atom is -0.445 e. The Morgan fingerprint density at radius 3 is 2.15 bits per heavy atom. The van der Waals surface area contributed by atoms with Crippen molar-refractivity contribution in [3.05, 3.63) is 41.6 Å². The van der Waals surface area contributed by atoms with Gasteiger partial charge < -0.3 is 4.42 Å². The molecule has 3 rings (SSSR count). The molecule has 1 aliphatic rings. The molecular weight excluding hydrogens is 376 g/mol. The second kappa shape index (κ2) is 6.17. The van der Waals surface area contributed by atoms with Gasteiger partial charge in [0.25, 0.3) is 0 Å². The summed E-state index contributed by atoms with van der Waals surface area (Å²) in [5.41, 5.74) is 0.389. The molecule has 0 fully saturated rings. The summed E-state index contributed by atoms with van der Waals surface area (Å²) in [7, 11) is -7.11. The number of sulfone groups is 1. The van der Waals surface area contributed by atoms with Gasteiger partial charge in [-0.05, 0) is 24.3 Å². The molecule has 0 bridgehead atoms. The van der Waals surface area contributed by atoms with Crippen LogP contribution in [0.5, 0.6) is 0 Å². The number of oxazole rings is 1. The third kappa shape index (κ3) is 3.56. The van der Waals surface area contributed by atoms with E-state index >= 15 is 0 Å². The highest BCUT2D eigenvalue weighted by molar-refractivity contribution is 7.90. The zero-order valence-corrected chi connectivity index (χ0v) is 16.8. The maximum absolute atomic E-state index is 12.9. The van der Waals surface area contributed by atoms with E-state index in [2.05, 4.69) is 4.98 Å². The monoisotopic (exact) mass is 398 g/mol. The molecule has 1 aromatic heterocycles. The quantitative estimate of drug-likeness (QED) is 0.785. The van der Waals surface area contributed by atoms with Crippen LogP contribution < -0.4 is 0 Å². The second-order valence-corrected chi connectivity index (χ2v) is 11.4. The van der Waals surface area contributed by atoms with E-state index in [9.17, 15) is 16.8 Å². The summed E-state index contributed by atoms with van der Waals surface area (Å²) in [5, 5.41) is 0. The van der Waals surface area contributed by atoms with Crippen LogP contribution in [0.3, 0.4) is 0 Å². The number of hydrogen-bond acceptors (Lipinski definition) is 6. The van der Waals surface area contributed by atoms with Crippen molar-refractivity contribution in [3.63, 3.8) is 0 Å². The number of rotatable bonds is 3. The van der Waals surface area contributed by atoms with Crippen LogP contribution in [-0.2, 0) is 38.2 Å². The van der Waals surface area contributed by atoms with Crippen molar-refractivity contribution >= 4 is 19.9 Å². The first-order valence-corrected chi connectivity index (χ1v) is 11.5. The molecule has 0 radical (unpaired) electrons. The Balaban J connectivity index is 1.88. The van der Waals surface area contributed by atoms with Crippen LogP contribution in [0, 0.1) is 0 Å². The Morgan fingerprint density at radius 1 is 1.04 bits per heavy atom. The second-order valence-electron chi connectivity index (χ2n) is 7.47. The van der Waals surface area contributed by atoms with Crippen molar-refractivity contribution in [2.45, 2.75) is 48.9 Å². The molecule has 0 saturated carbocycles. The van der Waals surface area contributed by atoms with Gasteiger partial charge in [0.1, 0.15) is 5.76 Å². The smallest absolute Gasteiger partial charge is 0.243 e. The number of sulfonamides is 1. The van der Waals surface area contributed by atoms with E-state index in [0.717, 1.165) is 12.0 Å². The van der Waals surface area contributed by atoms with Crippen molar-refractivity contribution in [1.29, 1.82) is 0 Å². The standard InChI is InChI=1S/C17H22N2O5S2/c1-17(2,3)16-18-14-11-19(10-9-15(14)24-16)26(22,23)13-7-5-12(6-8-13)25(4,20)21/h5-8H,9-11H2,1-4H3.